The predicted octanol–water partition coefficient (Wildman–Crippen LogP) is 4.37. The lowest BCUT2D eigenvalue weighted by Gasteiger charge is -2.32. The molecule has 0 aliphatic heterocycles. The highest BCUT2D eigenvalue weighted by Gasteiger charge is 2.25. The van der Waals surface area contributed by atoms with E-state index >= 15 is 0 Å². The zero-order valence-corrected chi connectivity index (χ0v) is 13.7. The van der Waals surface area contributed by atoms with Crippen LogP contribution < -0.4 is 5.32 Å². The van der Waals surface area contributed by atoms with E-state index in [9.17, 15) is 0 Å². The van der Waals surface area contributed by atoms with Crippen molar-refractivity contribution in [3.05, 3.63) is 35.9 Å². The zero-order chi connectivity index (χ0) is 14.9. The van der Waals surface area contributed by atoms with Gasteiger partial charge in [-0.3, -0.25) is 0 Å². The Kier molecular flexibility index (Phi) is 7.25. The Morgan fingerprint density at radius 3 is 2.62 bits per heavy atom. The van der Waals surface area contributed by atoms with E-state index in [-0.39, 0.29) is 0 Å². The lowest BCUT2D eigenvalue weighted by molar-refractivity contribution is 0.121. The van der Waals surface area contributed by atoms with Gasteiger partial charge in [-0.1, -0.05) is 57.0 Å². The van der Waals surface area contributed by atoms with Crippen molar-refractivity contribution in [1.29, 1.82) is 0 Å². The zero-order valence-electron chi connectivity index (χ0n) is 13.7. The average Bonchev–Trinajstić information content (AvgIpc) is 2.52. The normalized spacial score (nSPS) is 22.6. The number of rotatable bonds is 8. The fourth-order valence-electron chi connectivity index (χ4n) is 3.21. The first-order valence-corrected chi connectivity index (χ1v) is 8.63. The number of nitrogens with one attached hydrogen (secondary N) is 1. The summed E-state index contributed by atoms with van der Waals surface area (Å²) in [6.07, 6.45) is 6.50. The molecule has 2 atom stereocenters. The second-order valence-electron chi connectivity index (χ2n) is 6.66. The largest absolute Gasteiger partial charge is 0.380 e. The maximum Gasteiger partial charge on any atom is 0.0591 e. The van der Waals surface area contributed by atoms with Gasteiger partial charge in [0.05, 0.1) is 6.61 Å². The average molecular weight is 289 g/mol. The van der Waals surface area contributed by atoms with Crippen LogP contribution in [0.15, 0.2) is 30.3 Å². The van der Waals surface area contributed by atoms with Crippen LogP contribution in [0.4, 0.5) is 0 Å². The minimum absolute atomic E-state index is 0.620. The molecule has 1 aromatic rings. The second kappa shape index (κ2) is 9.22. The maximum atomic E-state index is 5.71. The molecule has 0 aromatic heterocycles. The third kappa shape index (κ3) is 5.80. The Balaban J connectivity index is 1.72. The Hall–Kier alpha value is -0.860. The molecule has 1 fully saturated rings. The van der Waals surface area contributed by atoms with Crippen LogP contribution in [0.5, 0.6) is 0 Å². The van der Waals surface area contributed by atoms with Gasteiger partial charge in [-0.15, -0.1) is 0 Å². The molecule has 1 aliphatic carbocycles. The first kappa shape index (κ1) is 16.5. The van der Waals surface area contributed by atoms with Crippen molar-refractivity contribution in [3.8, 4) is 0 Å². The Morgan fingerprint density at radius 2 is 1.86 bits per heavy atom. The number of hydrogen-bond donors (Lipinski definition) is 1. The third-order valence-electron chi connectivity index (χ3n) is 4.49. The van der Waals surface area contributed by atoms with Crippen LogP contribution in [-0.4, -0.2) is 25.8 Å². The fraction of sp³-hybridized carbons (Fsp3) is 0.684. The van der Waals surface area contributed by atoms with E-state index in [1.54, 1.807) is 0 Å². The molecule has 118 valence electrons. The van der Waals surface area contributed by atoms with Crippen LogP contribution in [0, 0.1) is 5.92 Å². The van der Waals surface area contributed by atoms with Gasteiger partial charge >= 0.3 is 0 Å². The highest BCUT2D eigenvalue weighted by atomic mass is 16.5. The Bertz CT molecular complexity index is 376. The molecule has 1 saturated carbocycles. The molecule has 2 nitrogen and oxygen atoms in total. The maximum absolute atomic E-state index is 5.71. The van der Waals surface area contributed by atoms with Gasteiger partial charge in [-0.25, -0.2) is 0 Å². The smallest absolute Gasteiger partial charge is 0.0591 e. The van der Waals surface area contributed by atoms with Crippen LogP contribution in [0.25, 0.3) is 0 Å². The van der Waals surface area contributed by atoms with Crippen LogP contribution in [0.1, 0.15) is 57.4 Å². The molecule has 2 heteroatoms. The molecule has 2 unspecified atom stereocenters. The monoisotopic (exact) mass is 289 g/mol. The molecule has 1 N–H and O–H groups in total. The first-order chi connectivity index (χ1) is 10.3. The quantitative estimate of drug-likeness (QED) is 0.718. The van der Waals surface area contributed by atoms with E-state index in [1.807, 2.05) is 0 Å². The van der Waals surface area contributed by atoms with Crippen molar-refractivity contribution in [2.24, 2.45) is 5.92 Å². The number of hydrogen-bond acceptors (Lipinski definition) is 2. The van der Waals surface area contributed by atoms with Crippen molar-refractivity contribution >= 4 is 0 Å². The molecular formula is C19H31NO. The van der Waals surface area contributed by atoms with E-state index in [2.05, 4.69) is 49.5 Å². The molecular weight excluding hydrogens is 258 g/mol. The summed E-state index contributed by atoms with van der Waals surface area (Å²) < 4.78 is 5.71. The number of benzene rings is 1. The van der Waals surface area contributed by atoms with E-state index < -0.39 is 0 Å². The minimum atomic E-state index is 0.620. The third-order valence-corrected chi connectivity index (χ3v) is 4.49. The molecule has 2 rings (SSSR count). The molecule has 0 saturated heterocycles. The van der Waals surface area contributed by atoms with Crippen LogP contribution in [0.3, 0.4) is 0 Å². The van der Waals surface area contributed by atoms with Gasteiger partial charge in [-0.05, 0) is 36.7 Å². The van der Waals surface area contributed by atoms with Crippen LogP contribution in [0.2, 0.25) is 0 Å². The number of ether oxygens (including phenoxy) is 1. The van der Waals surface area contributed by atoms with Gasteiger partial charge in [0.1, 0.15) is 0 Å². The van der Waals surface area contributed by atoms with Crippen molar-refractivity contribution in [2.45, 2.75) is 57.9 Å². The van der Waals surface area contributed by atoms with Crippen molar-refractivity contribution in [3.63, 3.8) is 0 Å². The first-order valence-electron chi connectivity index (χ1n) is 8.63. The van der Waals surface area contributed by atoms with Gasteiger partial charge in [-0.2, -0.15) is 0 Å². The summed E-state index contributed by atoms with van der Waals surface area (Å²) in [7, 11) is 0. The van der Waals surface area contributed by atoms with Crippen molar-refractivity contribution in [1.82, 2.24) is 5.32 Å². The van der Waals surface area contributed by atoms with Gasteiger partial charge in [0, 0.05) is 19.2 Å². The summed E-state index contributed by atoms with van der Waals surface area (Å²) >= 11 is 0. The highest BCUT2D eigenvalue weighted by Crippen LogP contribution is 2.32. The summed E-state index contributed by atoms with van der Waals surface area (Å²) in [6, 6.07) is 11.6. The van der Waals surface area contributed by atoms with E-state index in [0.717, 1.165) is 32.1 Å². The molecule has 1 aromatic carbocycles. The standard InChI is InChI=1S/C19H31NO/c1-16(2)12-14-21-15-13-20-19-11-7-6-10-18(19)17-8-4-3-5-9-17/h3-5,8-9,16,18-20H,6-7,10-15H2,1-2H3. The summed E-state index contributed by atoms with van der Waals surface area (Å²) in [5, 5.41) is 3.73. The lowest BCUT2D eigenvalue weighted by Crippen LogP contribution is -2.39. The van der Waals surface area contributed by atoms with E-state index in [0.29, 0.717) is 12.0 Å². The minimum Gasteiger partial charge on any atom is -0.380 e. The van der Waals surface area contributed by atoms with Crippen LogP contribution >= 0.6 is 0 Å². The molecule has 0 spiro atoms. The van der Waals surface area contributed by atoms with Crippen molar-refractivity contribution < 1.29 is 4.74 Å². The second-order valence-corrected chi connectivity index (χ2v) is 6.66. The molecule has 0 amide bonds. The molecule has 0 radical (unpaired) electrons. The summed E-state index contributed by atoms with van der Waals surface area (Å²) in [5.74, 6) is 1.41. The molecule has 1 aliphatic rings. The van der Waals surface area contributed by atoms with Gasteiger partial charge in [0.15, 0.2) is 0 Å². The van der Waals surface area contributed by atoms with Crippen molar-refractivity contribution in [2.75, 3.05) is 19.8 Å². The Labute approximate surface area is 130 Å². The highest BCUT2D eigenvalue weighted by molar-refractivity contribution is 5.21. The fourth-order valence-corrected chi connectivity index (χ4v) is 3.21. The van der Waals surface area contributed by atoms with E-state index in [4.69, 9.17) is 4.74 Å². The summed E-state index contributed by atoms with van der Waals surface area (Å²) in [5.41, 5.74) is 1.50. The van der Waals surface area contributed by atoms with Crippen LogP contribution in [-0.2, 0) is 4.74 Å². The summed E-state index contributed by atoms with van der Waals surface area (Å²) in [6.45, 7) is 7.20. The van der Waals surface area contributed by atoms with Gasteiger partial charge in [0.2, 0.25) is 0 Å². The topological polar surface area (TPSA) is 21.3 Å². The molecule has 21 heavy (non-hydrogen) atoms. The van der Waals surface area contributed by atoms with E-state index in [1.165, 1.54) is 31.2 Å². The van der Waals surface area contributed by atoms with Gasteiger partial charge < -0.3 is 10.1 Å². The predicted molar refractivity (Wildman–Crippen MR) is 89.7 cm³/mol. The lowest BCUT2D eigenvalue weighted by atomic mass is 9.80. The SMILES string of the molecule is CC(C)CCOCCNC1CCCCC1c1ccccc1. The molecule has 0 heterocycles. The summed E-state index contributed by atoms with van der Waals surface area (Å²) in [4.78, 5) is 0. The van der Waals surface area contributed by atoms with Gasteiger partial charge in [0.25, 0.3) is 0 Å². The molecule has 0 bridgehead atoms. The Morgan fingerprint density at radius 1 is 1.10 bits per heavy atom.